The van der Waals surface area contributed by atoms with Gasteiger partial charge in [-0.1, -0.05) is 6.07 Å². The molecule has 5 heteroatoms. The van der Waals surface area contributed by atoms with Crippen LogP contribution in [0.3, 0.4) is 0 Å². The summed E-state index contributed by atoms with van der Waals surface area (Å²) < 4.78 is 0. The molecule has 1 aromatic heterocycles. The second-order valence-corrected chi connectivity index (χ2v) is 2.10. The Morgan fingerprint density at radius 3 is 2.67 bits per heavy atom. The Labute approximate surface area is 69.6 Å². The van der Waals surface area contributed by atoms with Crippen LogP contribution in [0.2, 0.25) is 0 Å². The summed E-state index contributed by atoms with van der Waals surface area (Å²) in [7, 11) is 0. The van der Waals surface area contributed by atoms with Gasteiger partial charge < -0.3 is 11.5 Å². The van der Waals surface area contributed by atoms with E-state index in [1.807, 2.05) is 0 Å². The molecule has 0 amide bonds. The van der Waals surface area contributed by atoms with Gasteiger partial charge in [0.1, 0.15) is 5.69 Å². The highest BCUT2D eigenvalue weighted by Gasteiger charge is 1.98. The molecule has 0 aromatic carbocycles. The maximum Gasteiger partial charge on any atom is 0.192 e. The summed E-state index contributed by atoms with van der Waals surface area (Å²) in [5.41, 5.74) is 10.6. The number of rotatable bonds is 1. The second kappa shape index (κ2) is 3.47. The number of amidine groups is 1. The number of nitrogens with one attached hydrogen (secondary N) is 1. The van der Waals surface area contributed by atoms with Gasteiger partial charge in [-0.3, -0.25) is 10.4 Å². The number of aromatic nitrogens is 1. The summed E-state index contributed by atoms with van der Waals surface area (Å²) in [6.07, 6.45) is 1.58. The Balaban J connectivity index is 2.87. The molecule has 0 saturated carbocycles. The average Bonchev–Trinajstić information content (AvgIpc) is 2.05. The van der Waals surface area contributed by atoms with Crippen molar-refractivity contribution < 1.29 is 0 Å². The molecule has 1 aromatic rings. The van der Waals surface area contributed by atoms with E-state index < -0.39 is 0 Å². The Kier molecular flexibility index (Phi) is 2.37. The normalized spacial score (nSPS) is 9.00. The standard InChI is InChI=1S/C7H9N5/c8-6(12-7(9)10)5-3-1-2-4-11-5/h1-4H,(H5,8,9,10,12). The summed E-state index contributed by atoms with van der Waals surface area (Å²) in [5, 5.41) is 7.35. The molecule has 0 aliphatic heterocycles. The fourth-order valence-corrected chi connectivity index (χ4v) is 0.689. The van der Waals surface area contributed by atoms with Crippen LogP contribution in [-0.2, 0) is 0 Å². The monoisotopic (exact) mass is 163 g/mol. The molecule has 5 N–H and O–H groups in total. The number of hydrogen-bond donors (Lipinski definition) is 3. The van der Waals surface area contributed by atoms with E-state index in [-0.39, 0.29) is 11.8 Å². The fraction of sp³-hybridized carbons (Fsp3) is 0. The molecule has 12 heavy (non-hydrogen) atoms. The molecule has 1 rings (SSSR count). The fourth-order valence-electron chi connectivity index (χ4n) is 0.689. The van der Waals surface area contributed by atoms with E-state index in [0.29, 0.717) is 5.69 Å². The Bertz CT molecular complexity index is 299. The summed E-state index contributed by atoms with van der Waals surface area (Å²) in [6, 6.07) is 5.18. The zero-order valence-corrected chi connectivity index (χ0v) is 6.36. The maximum absolute atomic E-state index is 7.35. The molecule has 5 nitrogen and oxygen atoms in total. The van der Waals surface area contributed by atoms with Crippen LogP contribution >= 0.6 is 0 Å². The summed E-state index contributed by atoms with van der Waals surface area (Å²) in [4.78, 5) is 7.43. The SMILES string of the molecule is N=C(N=C(N)N)c1ccccn1. The van der Waals surface area contributed by atoms with Gasteiger partial charge in [0.25, 0.3) is 0 Å². The molecule has 0 unspecified atom stereocenters. The first-order valence-corrected chi connectivity index (χ1v) is 3.30. The van der Waals surface area contributed by atoms with Gasteiger partial charge in [0.2, 0.25) is 0 Å². The lowest BCUT2D eigenvalue weighted by Gasteiger charge is -1.95. The third kappa shape index (κ3) is 2.05. The molecule has 0 saturated heterocycles. The molecule has 0 atom stereocenters. The van der Waals surface area contributed by atoms with Gasteiger partial charge in [-0.05, 0) is 12.1 Å². The third-order valence-electron chi connectivity index (χ3n) is 1.15. The number of hydrogen-bond acceptors (Lipinski definition) is 2. The Morgan fingerprint density at radius 2 is 2.17 bits per heavy atom. The minimum Gasteiger partial charge on any atom is -0.370 e. The van der Waals surface area contributed by atoms with Crippen LogP contribution in [0.1, 0.15) is 5.69 Å². The van der Waals surface area contributed by atoms with Gasteiger partial charge in [-0.15, -0.1) is 0 Å². The molecule has 0 bridgehead atoms. The highest BCUT2D eigenvalue weighted by molar-refractivity contribution is 6.02. The van der Waals surface area contributed by atoms with Crippen molar-refractivity contribution in [3.8, 4) is 0 Å². The van der Waals surface area contributed by atoms with Crippen molar-refractivity contribution in [1.29, 1.82) is 5.41 Å². The van der Waals surface area contributed by atoms with Gasteiger partial charge >= 0.3 is 0 Å². The predicted molar refractivity (Wildman–Crippen MR) is 46.9 cm³/mol. The van der Waals surface area contributed by atoms with Gasteiger partial charge in [0.15, 0.2) is 11.8 Å². The van der Waals surface area contributed by atoms with E-state index in [0.717, 1.165) is 0 Å². The Hall–Kier alpha value is -1.91. The van der Waals surface area contributed by atoms with Crippen LogP contribution in [0.5, 0.6) is 0 Å². The second-order valence-electron chi connectivity index (χ2n) is 2.10. The van der Waals surface area contributed by atoms with E-state index in [2.05, 4.69) is 9.98 Å². The van der Waals surface area contributed by atoms with E-state index in [9.17, 15) is 0 Å². The molecule has 0 aliphatic carbocycles. The topological polar surface area (TPSA) is 101 Å². The van der Waals surface area contributed by atoms with E-state index >= 15 is 0 Å². The Morgan fingerprint density at radius 1 is 1.42 bits per heavy atom. The van der Waals surface area contributed by atoms with Crippen molar-refractivity contribution in [3.05, 3.63) is 30.1 Å². The third-order valence-corrected chi connectivity index (χ3v) is 1.15. The van der Waals surface area contributed by atoms with Crippen molar-refractivity contribution in [2.45, 2.75) is 0 Å². The van der Waals surface area contributed by atoms with Crippen molar-refractivity contribution >= 4 is 11.8 Å². The molecule has 1 heterocycles. The zero-order chi connectivity index (χ0) is 8.97. The van der Waals surface area contributed by atoms with Crippen LogP contribution in [0.25, 0.3) is 0 Å². The van der Waals surface area contributed by atoms with Crippen LogP contribution < -0.4 is 11.5 Å². The quantitative estimate of drug-likeness (QED) is 0.390. The van der Waals surface area contributed by atoms with Crippen molar-refractivity contribution in [1.82, 2.24) is 4.98 Å². The first kappa shape index (κ1) is 8.19. The van der Waals surface area contributed by atoms with E-state index in [1.54, 1.807) is 24.4 Å². The largest absolute Gasteiger partial charge is 0.370 e. The molecule has 0 spiro atoms. The number of nitrogens with zero attached hydrogens (tertiary/aromatic N) is 2. The lowest BCUT2D eigenvalue weighted by atomic mass is 10.3. The minimum absolute atomic E-state index is 0.0319. The molecular weight excluding hydrogens is 154 g/mol. The average molecular weight is 163 g/mol. The number of aliphatic imine (C=N–C) groups is 1. The summed E-state index contributed by atoms with van der Waals surface area (Å²) >= 11 is 0. The van der Waals surface area contributed by atoms with Crippen LogP contribution in [0, 0.1) is 5.41 Å². The molecule has 0 radical (unpaired) electrons. The number of pyridine rings is 1. The van der Waals surface area contributed by atoms with Gasteiger partial charge in [-0.2, -0.15) is 4.99 Å². The van der Waals surface area contributed by atoms with Crippen LogP contribution in [0.15, 0.2) is 29.4 Å². The highest BCUT2D eigenvalue weighted by Crippen LogP contribution is 1.94. The van der Waals surface area contributed by atoms with Crippen LogP contribution in [-0.4, -0.2) is 16.8 Å². The predicted octanol–water partition coefficient (Wildman–Crippen LogP) is -0.320. The molecular formula is C7H9N5. The molecule has 62 valence electrons. The summed E-state index contributed by atoms with van der Waals surface area (Å²) in [6.45, 7) is 0. The van der Waals surface area contributed by atoms with Gasteiger partial charge in [0.05, 0.1) is 0 Å². The van der Waals surface area contributed by atoms with Crippen molar-refractivity contribution in [2.75, 3.05) is 0 Å². The number of nitrogens with two attached hydrogens (primary N) is 2. The molecule has 0 fully saturated rings. The summed E-state index contributed by atoms with van der Waals surface area (Å²) in [5.74, 6) is -0.166. The smallest absolute Gasteiger partial charge is 0.192 e. The number of guanidine groups is 1. The first-order valence-electron chi connectivity index (χ1n) is 3.30. The zero-order valence-electron chi connectivity index (χ0n) is 6.36. The van der Waals surface area contributed by atoms with Crippen LogP contribution in [0.4, 0.5) is 0 Å². The highest BCUT2D eigenvalue weighted by atomic mass is 15.0. The van der Waals surface area contributed by atoms with E-state index in [4.69, 9.17) is 16.9 Å². The molecule has 0 aliphatic rings. The maximum atomic E-state index is 7.35. The van der Waals surface area contributed by atoms with Gasteiger partial charge in [0, 0.05) is 6.20 Å². The lowest BCUT2D eigenvalue weighted by Crippen LogP contribution is -2.24. The minimum atomic E-state index is -0.134. The first-order chi connectivity index (χ1) is 5.70. The lowest BCUT2D eigenvalue weighted by molar-refractivity contribution is 1.25. The van der Waals surface area contributed by atoms with Crippen molar-refractivity contribution in [2.24, 2.45) is 16.5 Å². The van der Waals surface area contributed by atoms with Gasteiger partial charge in [-0.25, -0.2) is 0 Å². The van der Waals surface area contributed by atoms with Crippen molar-refractivity contribution in [3.63, 3.8) is 0 Å². The van der Waals surface area contributed by atoms with E-state index in [1.165, 1.54) is 0 Å².